The molecule has 7 heteroatoms. The van der Waals surface area contributed by atoms with Gasteiger partial charge in [-0.2, -0.15) is 0 Å². The van der Waals surface area contributed by atoms with Gasteiger partial charge in [-0.1, -0.05) is 57.2 Å². The number of aliphatic hydroxyl groups is 2. The molecule has 0 spiro atoms. The van der Waals surface area contributed by atoms with Crippen LogP contribution in [0.1, 0.15) is 60.3 Å². The summed E-state index contributed by atoms with van der Waals surface area (Å²) in [4.78, 5) is 10.9. The zero-order valence-electron chi connectivity index (χ0n) is 22.1. The van der Waals surface area contributed by atoms with E-state index in [9.17, 15) is 20.1 Å². The summed E-state index contributed by atoms with van der Waals surface area (Å²) in [5, 5.41) is 31.2. The molecule has 190 valence electrons. The van der Waals surface area contributed by atoms with Crippen molar-refractivity contribution in [3.8, 4) is 0 Å². The first-order valence-electron chi connectivity index (χ1n) is 12.7. The van der Waals surface area contributed by atoms with Crippen molar-refractivity contribution in [2.75, 3.05) is 0 Å². The van der Waals surface area contributed by atoms with E-state index in [-0.39, 0.29) is 54.6 Å². The predicted molar refractivity (Wildman–Crippen MR) is 130 cm³/mol. The number of carboxylic acids is 1. The van der Waals surface area contributed by atoms with E-state index in [0.29, 0.717) is 23.7 Å². The molecule has 2 aliphatic heterocycles. The van der Waals surface area contributed by atoms with Crippen molar-refractivity contribution in [2.45, 2.75) is 96.9 Å². The van der Waals surface area contributed by atoms with Gasteiger partial charge in [-0.05, 0) is 61.5 Å². The zero-order valence-corrected chi connectivity index (χ0v) is 24.1. The summed E-state index contributed by atoms with van der Waals surface area (Å²) < 4.78 is 12.0. The molecule has 1 unspecified atom stereocenters. The van der Waals surface area contributed by atoms with Crippen molar-refractivity contribution in [2.24, 2.45) is 23.7 Å². The monoisotopic (exact) mass is 496 g/mol. The van der Waals surface area contributed by atoms with Crippen LogP contribution in [-0.2, 0) is 14.3 Å². The second-order valence-corrected chi connectivity index (χ2v) is 10.4. The van der Waals surface area contributed by atoms with E-state index >= 15 is 0 Å². The summed E-state index contributed by atoms with van der Waals surface area (Å²) in [5.41, 5.74) is 2.60. The Kier molecular flexibility index (Phi) is 11.9. The van der Waals surface area contributed by atoms with Crippen LogP contribution in [0.3, 0.4) is 0 Å². The molecule has 0 aromatic carbocycles. The van der Waals surface area contributed by atoms with E-state index < -0.39 is 30.4 Å². The number of carbonyl (C=O) groups is 1. The average Bonchev–Trinajstić information content (AvgIpc) is 3.40. The number of rotatable bonds is 9. The fourth-order valence-corrected chi connectivity index (χ4v) is 5.21. The Morgan fingerprint density at radius 2 is 1.91 bits per heavy atom. The Hall–Kier alpha value is -0.730. The van der Waals surface area contributed by atoms with Crippen LogP contribution < -0.4 is 34.7 Å². The minimum atomic E-state index is -1.22. The van der Waals surface area contributed by atoms with E-state index in [2.05, 4.69) is 58.9 Å². The van der Waals surface area contributed by atoms with Crippen molar-refractivity contribution < 1.29 is 59.1 Å². The molecule has 0 aromatic rings. The Labute approximate surface area is 232 Å². The van der Waals surface area contributed by atoms with Gasteiger partial charge in [-0.25, -0.2) is 0 Å². The van der Waals surface area contributed by atoms with Gasteiger partial charge in [-0.3, -0.25) is 0 Å². The standard InChI is InChI=1S/C28H42O6.Na/c1-6-24-17(3)8-11-25(34-24)18(4)13-16(2)7-9-21-19(5)22(21)10-12-26-28(32)23(29)14-20(33-26)15-27(30)31;/h7-10,12-13,16,19-26,28-29,32H,6,11,14-15H2,1-5H3,(H,30,31);/q;+1/p-1/b9-7+,12-10?,18-13?;/t16-,19-,20+,21+,22+,23+,24-,25-,26?,28-;/m1./s1. The van der Waals surface area contributed by atoms with Crippen molar-refractivity contribution >= 4 is 5.97 Å². The van der Waals surface area contributed by atoms with Gasteiger partial charge in [0, 0.05) is 18.8 Å². The molecule has 2 N–H and O–H groups in total. The van der Waals surface area contributed by atoms with Crippen LogP contribution >= 0.6 is 0 Å². The molecule has 35 heavy (non-hydrogen) atoms. The van der Waals surface area contributed by atoms with Crippen LogP contribution in [0.2, 0.25) is 0 Å². The molecule has 1 saturated heterocycles. The first kappa shape index (κ1) is 30.5. The number of allylic oxidation sites excluding steroid dienone is 4. The third-order valence-corrected chi connectivity index (χ3v) is 7.55. The summed E-state index contributed by atoms with van der Waals surface area (Å²) in [7, 11) is 0. The van der Waals surface area contributed by atoms with Gasteiger partial charge in [0.15, 0.2) is 0 Å². The topological polar surface area (TPSA) is 99.1 Å². The van der Waals surface area contributed by atoms with E-state index in [0.717, 1.165) is 12.8 Å². The predicted octanol–water partition coefficient (Wildman–Crippen LogP) is 0.100. The summed E-state index contributed by atoms with van der Waals surface area (Å²) >= 11 is 0. The van der Waals surface area contributed by atoms with Gasteiger partial charge in [-0.15, -0.1) is 0 Å². The fraction of sp³-hybridized carbons (Fsp3) is 0.679. The fourth-order valence-electron chi connectivity index (χ4n) is 5.21. The smallest absolute Gasteiger partial charge is 0.550 e. The van der Waals surface area contributed by atoms with Crippen molar-refractivity contribution in [3.63, 3.8) is 0 Å². The quantitative estimate of drug-likeness (QED) is 0.347. The first-order chi connectivity index (χ1) is 16.1. The second kappa shape index (κ2) is 13.7. The number of aliphatic hydroxyl groups excluding tert-OH is 2. The molecule has 0 amide bonds. The molecular weight excluding hydrogens is 455 g/mol. The molecule has 3 aliphatic rings. The Balaban J connectivity index is 0.00000432. The third kappa shape index (κ3) is 8.39. The van der Waals surface area contributed by atoms with Gasteiger partial charge in [0.2, 0.25) is 0 Å². The number of aliphatic carboxylic acids is 1. The van der Waals surface area contributed by atoms with Crippen LogP contribution in [0.25, 0.3) is 0 Å². The molecule has 1 aliphatic carbocycles. The summed E-state index contributed by atoms with van der Waals surface area (Å²) in [5.74, 6) is 0.315. The number of carbonyl (C=O) groups excluding carboxylic acids is 1. The number of hydrogen-bond donors (Lipinski definition) is 2. The van der Waals surface area contributed by atoms with E-state index in [1.165, 1.54) is 11.1 Å². The van der Waals surface area contributed by atoms with Crippen LogP contribution in [0, 0.1) is 23.7 Å². The van der Waals surface area contributed by atoms with E-state index in [1.54, 1.807) is 6.08 Å². The molecule has 0 aromatic heterocycles. The molecule has 6 nitrogen and oxygen atoms in total. The maximum absolute atomic E-state index is 10.9. The van der Waals surface area contributed by atoms with Crippen LogP contribution in [0.4, 0.5) is 0 Å². The largest absolute Gasteiger partial charge is 1.00 e. The number of ether oxygens (including phenoxy) is 2. The molecule has 10 atom stereocenters. The van der Waals surface area contributed by atoms with Crippen molar-refractivity contribution in [1.82, 2.24) is 0 Å². The molecule has 2 heterocycles. The van der Waals surface area contributed by atoms with Gasteiger partial charge in [0.1, 0.15) is 12.2 Å². The maximum Gasteiger partial charge on any atom is 1.00 e. The molecule has 0 radical (unpaired) electrons. The SMILES string of the molecule is CC[C@H]1O[C@@H](C(C)=C[C@H](C)/C=C/[C@H]2[C@@H](C)[C@@H]2C=CC2O[C@H](CC(=O)[O-])C[C@H](O)[C@H]2O)CC=C1C.[Na+]. The first-order valence-corrected chi connectivity index (χ1v) is 12.7. The normalized spacial score (nSPS) is 38.8. The van der Waals surface area contributed by atoms with Crippen LogP contribution in [0.15, 0.2) is 47.6 Å². The Bertz CT molecular complexity index is 833. The minimum absolute atomic E-state index is 0. The van der Waals surface area contributed by atoms with E-state index in [4.69, 9.17) is 9.47 Å². The van der Waals surface area contributed by atoms with Gasteiger partial charge in [0.25, 0.3) is 0 Å². The minimum Gasteiger partial charge on any atom is -0.550 e. The number of carboxylic acid groups (broad SMARTS) is 1. The number of hydrogen-bond acceptors (Lipinski definition) is 6. The van der Waals surface area contributed by atoms with Crippen LogP contribution in [0.5, 0.6) is 0 Å². The van der Waals surface area contributed by atoms with E-state index in [1.807, 2.05) is 6.08 Å². The van der Waals surface area contributed by atoms with Crippen molar-refractivity contribution in [3.05, 3.63) is 47.6 Å². The van der Waals surface area contributed by atoms with Gasteiger partial charge >= 0.3 is 29.6 Å². The maximum atomic E-state index is 10.9. The molecule has 1 saturated carbocycles. The molecule has 2 fully saturated rings. The average molecular weight is 497 g/mol. The Morgan fingerprint density at radius 1 is 1.23 bits per heavy atom. The molecule has 3 rings (SSSR count). The summed E-state index contributed by atoms with van der Waals surface area (Å²) in [6.07, 6.45) is 11.6. The third-order valence-electron chi connectivity index (χ3n) is 7.55. The second-order valence-electron chi connectivity index (χ2n) is 10.4. The summed E-state index contributed by atoms with van der Waals surface area (Å²) in [6, 6.07) is 0. The summed E-state index contributed by atoms with van der Waals surface area (Å²) in [6.45, 7) is 10.8. The molecule has 0 bridgehead atoms. The van der Waals surface area contributed by atoms with Crippen LogP contribution in [-0.4, -0.2) is 52.8 Å². The van der Waals surface area contributed by atoms with Gasteiger partial charge in [0.05, 0.1) is 24.4 Å². The molecular formula is C28H41NaO6. The van der Waals surface area contributed by atoms with Crippen molar-refractivity contribution in [1.29, 1.82) is 0 Å². The Morgan fingerprint density at radius 3 is 2.57 bits per heavy atom. The zero-order chi connectivity index (χ0) is 25.0. The van der Waals surface area contributed by atoms with Gasteiger partial charge < -0.3 is 29.6 Å².